The van der Waals surface area contributed by atoms with Crippen LogP contribution in [0.15, 0.2) is 207 Å². The molecule has 8 heterocycles. The van der Waals surface area contributed by atoms with Gasteiger partial charge in [-0.15, -0.1) is 0 Å². The fraction of sp³-hybridized carbons (Fsp3) is 0. The van der Waals surface area contributed by atoms with Gasteiger partial charge >= 0.3 is 0 Å². The number of fused-ring (bicyclic) bond motifs is 12. The normalized spacial score (nSPS) is 12.1. The summed E-state index contributed by atoms with van der Waals surface area (Å²) in [6.07, 6.45) is 11.6. The van der Waals surface area contributed by atoms with Gasteiger partial charge in [-0.25, -0.2) is 4.98 Å². The molecular weight excluding hydrogens is 785 g/mol. The van der Waals surface area contributed by atoms with E-state index in [1.807, 2.05) is 37.2 Å². The number of nitrogens with zero attached hydrogens (tertiary/aromatic N) is 8. The highest BCUT2D eigenvalue weighted by atomic mass is 15.2. The molecule has 0 aliphatic heterocycles. The van der Waals surface area contributed by atoms with Gasteiger partial charge in [0.05, 0.1) is 44.1 Å². The van der Waals surface area contributed by atoms with E-state index in [1.165, 1.54) is 0 Å². The van der Waals surface area contributed by atoms with Crippen LogP contribution in [0.25, 0.3) is 121 Å². The third-order valence-electron chi connectivity index (χ3n) is 13.0. The SMILES string of the molecule is c1ccc(-c2c(-n3c4ccccc4c4cnccc43)c(-n3c4ccccc4c4ccccc43)nc(-n3c4ccccc4c4cnccc43)c2-n2c3ccccc3c3cnccc32)cc1. The van der Waals surface area contributed by atoms with Crippen LogP contribution in [0.2, 0.25) is 0 Å². The molecule has 0 N–H and O–H groups in total. The Morgan fingerprint density at radius 3 is 0.953 bits per heavy atom. The van der Waals surface area contributed by atoms with Crippen molar-refractivity contribution in [1.29, 1.82) is 0 Å². The number of aromatic nitrogens is 8. The summed E-state index contributed by atoms with van der Waals surface area (Å²) >= 11 is 0. The Hall–Kier alpha value is -8.88. The van der Waals surface area contributed by atoms with Crippen LogP contribution < -0.4 is 0 Å². The quantitative estimate of drug-likeness (QED) is 0.173. The maximum absolute atomic E-state index is 6.22. The Balaban J connectivity index is 1.33. The summed E-state index contributed by atoms with van der Waals surface area (Å²) in [4.78, 5) is 20.2. The molecule has 14 rings (SSSR count). The fourth-order valence-electron chi connectivity index (χ4n) is 10.5. The van der Waals surface area contributed by atoms with Crippen LogP contribution in [0.4, 0.5) is 0 Å². The minimum absolute atomic E-state index is 0.777. The minimum Gasteiger partial charge on any atom is -0.305 e. The van der Waals surface area contributed by atoms with Crippen LogP contribution in [0.5, 0.6) is 0 Å². The average molecular weight is 819 g/mol. The zero-order valence-corrected chi connectivity index (χ0v) is 34.2. The summed E-state index contributed by atoms with van der Waals surface area (Å²) < 4.78 is 9.59. The van der Waals surface area contributed by atoms with Gasteiger partial charge in [-0.2, -0.15) is 0 Å². The molecule has 64 heavy (non-hydrogen) atoms. The Labute approximate surface area is 365 Å². The predicted molar refractivity (Wildman–Crippen MR) is 260 cm³/mol. The molecule has 298 valence electrons. The van der Waals surface area contributed by atoms with E-state index in [-0.39, 0.29) is 0 Å². The standard InChI is InChI=1S/C56H34N8/c1-2-14-35(15-3-1)52-53(61-44-21-9-6-18-38(44)41-32-57-29-26-49(41)61)55(63-46-23-11-4-16-36(46)37-17-5-12-24-47(37)63)60-56(64-48-25-13-8-20-40(48)43-34-59-31-28-51(43)64)54(52)62-45-22-10-7-19-39(45)42-33-58-30-27-50(42)62/h1-34H. The topological polar surface area (TPSA) is 71.3 Å². The summed E-state index contributed by atoms with van der Waals surface area (Å²) in [6.45, 7) is 0. The molecule has 0 bridgehead atoms. The first kappa shape index (κ1) is 34.8. The van der Waals surface area contributed by atoms with E-state index in [2.05, 4.69) is 203 Å². The molecule has 0 spiro atoms. The Kier molecular flexibility index (Phi) is 7.23. The van der Waals surface area contributed by atoms with Crippen LogP contribution >= 0.6 is 0 Å². The largest absolute Gasteiger partial charge is 0.305 e. The molecule has 8 aromatic heterocycles. The van der Waals surface area contributed by atoms with E-state index < -0.39 is 0 Å². The smallest absolute Gasteiger partial charge is 0.165 e. The molecule has 0 saturated carbocycles. The molecule has 8 nitrogen and oxygen atoms in total. The second-order valence-corrected chi connectivity index (χ2v) is 16.3. The highest BCUT2D eigenvalue weighted by molar-refractivity contribution is 6.15. The number of hydrogen-bond donors (Lipinski definition) is 0. The third-order valence-corrected chi connectivity index (χ3v) is 13.0. The highest BCUT2D eigenvalue weighted by Gasteiger charge is 2.32. The summed E-state index contributed by atoms with van der Waals surface area (Å²) in [5.74, 6) is 1.57. The molecule has 0 aliphatic carbocycles. The van der Waals surface area contributed by atoms with Gasteiger partial charge in [0.25, 0.3) is 0 Å². The molecule has 0 fully saturated rings. The van der Waals surface area contributed by atoms with Crippen LogP contribution in [0.1, 0.15) is 0 Å². The van der Waals surface area contributed by atoms with Crippen molar-refractivity contribution in [3.05, 3.63) is 207 Å². The zero-order valence-electron chi connectivity index (χ0n) is 34.2. The lowest BCUT2D eigenvalue weighted by molar-refractivity contribution is 0.960. The Morgan fingerprint density at radius 1 is 0.266 bits per heavy atom. The molecule has 0 atom stereocenters. The van der Waals surface area contributed by atoms with Crippen molar-refractivity contribution >= 4 is 87.2 Å². The van der Waals surface area contributed by atoms with Crippen LogP contribution in [0.3, 0.4) is 0 Å². The van der Waals surface area contributed by atoms with Crippen molar-refractivity contribution in [3.63, 3.8) is 0 Å². The number of rotatable bonds is 5. The van der Waals surface area contributed by atoms with E-state index in [4.69, 9.17) is 4.98 Å². The number of benzene rings is 6. The van der Waals surface area contributed by atoms with Crippen LogP contribution in [0, 0.1) is 0 Å². The summed E-state index contributed by atoms with van der Waals surface area (Å²) in [6, 6.07) is 60.6. The zero-order chi connectivity index (χ0) is 41.9. The monoisotopic (exact) mass is 818 g/mol. The second-order valence-electron chi connectivity index (χ2n) is 16.3. The maximum atomic E-state index is 6.22. The van der Waals surface area contributed by atoms with Crippen molar-refractivity contribution in [2.45, 2.75) is 0 Å². The first-order valence-electron chi connectivity index (χ1n) is 21.5. The lowest BCUT2D eigenvalue weighted by Crippen LogP contribution is -2.16. The molecule has 8 heteroatoms. The van der Waals surface area contributed by atoms with E-state index in [0.29, 0.717) is 0 Å². The Bertz CT molecular complexity index is 3740. The van der Waals surface area contributed by atoms with E-state index >= 15 is 0 Å². The minimum atomic E-state index is 0.777. The number of para-hydroxylation sites is 5. The molecule has 0 unspecified atom stereocenters. The number of hydrogen-bond acceptors (Lipinski definition) is 4. The molecular formula is C56H34N8. The van der Waals surface area contributed by atoms with Gasteiger partial charge in [0, 0.05) is 85.8 Å². The maximum Gasteiger partial charge on any atom is 0.165 e. The van der Waals surface area contributed by atoms with Crippen molar-refractivity contribution < 1.29 is 0 Å². The van der Waals surface area contributed by atoms with Crippen molar-refractivity contribution in [1.82, 2.24) is 38.2 Å². The third kappa shape index (κ3) is 4.71. The van der Waals surface area contributed by atoms with Gasteiger partial charge in [0.2, 0.25) is 0 Å². The van der Waals surface area contributed by atoms with Gasteiger partial charge in [0.15, 0.2) is 11.6 Å². The van der Waals surface area contributed by atoms with Gasteiger partial charge in [-0.3, -0.25) is 24.1 Å². The van der Waals surface area contributed by atoms with E-state index in [9.17, 15) is 0 Å². The average Bonchev–Trinajstić information content (AvgIpc) is 4.09. The molecule has 0 radical (unpaired) electrons. The molecule has 6 aromatic carbocycles. The Morgan fingerprint density at radius 2 is 0.562 bits per heavy atom. The lowest BCUT2D eigenvalue weighted by atomic mass is 10.0. The van der Waals surface area contributed by atoms with E-state index in [0.717, 1.165) is 121 Å². The second kappa shape index (κ2) is 13.3. The van der Waals surface area contributed by atoms with Gasteiger partial charge in [0.1, 0.15) is 11.4 Å². The molecule has 0 saturated heterocycles. The van der Waals surface area contributed by atoms with Gasteiger partial charge in [-0.05, 0) is 54.1 Å². The predicted octanol–water partition coefficient (Wildman–Crippen LogP) is 13.3. The van der Waals surface area contributed by atoms with Crippen LogP contribution in [-0.4, -0.2) is 38.2 Å². The van der Waals surface area contributed by atoms with Crippen molar-refractivity contribution in [2.75, 3.05) is 0 Å². The highest BCUT2D eigenvalue weighted by Crippen LogP contribution is 2.48. The van der Waals surface area contributed by atoms with Crippen molar-refractivity contribution in [2.24, 2.45) is 0 Å². The summed E-state index contributed by atoms with van der Waals surface area (Å²) in [7, 11) is 0. The summed E-state index contributed by atoms with van der Waals surface area (Å²) in [5.41, 5.74) is 12.3. The van der Waals surface area contributed by atoms with E-state index in [1.54, 1.807) is 0 Å². The van der Waals surface area contributed by atoms with Gasteiger partial charge in [-0.1, -0.05) is 121 Å². The van der Waals surface area contributed by atoms with Gasteiger partial charge < -0.3 is 9.13 Å². The molecule has 14 aromatic rings. The summed E-state index contributed by atoms with van der Waals surface area (Å²) in [5, 5.41) is 8.81. The van der Waals surface area contributed by atoms with Crippen molar-refractivity contribution in [3.8, 4) is 34.1 Å². The molecule has 0 aliphatic rings. The molecule has 0 amide bonds. The number of pyridine rings is 4. The van der Waals surface area contributed by atoms with Crippen LogP contribution in [-0.2, 0) is 0 Å². The lowest BCUT2D eigenvalue weighted by Gasteiger charge is -2.26. The first-order valence-corrected chi connectivity index (χ1v) is 21.5. The first-order chi connectivity index (χ1) is 31.8. The fourth-order valence-corrected chi connectivity index (χ4v) is 10.5.